The molecule has 24 rings (SSSR count). The molecule has 12 aromatic rings. The molecule has 0 radical (unpaired) electrons. The first-order valence-electron chi connectivity index (χ1n) is 50.3. The summed E-state index contributed by atoms with van der Waals surface area (Å²) in [6, 6.07) is 45.9. The number of aromatic nitrogens is 8. The van der Waals surface area contributed by atoms with Crippen molar-refractivity contribution < 1.29 is 59.5 Å². The van der Waals surface area contributed by atoms with Crippen LogP contribution >= 0.6 is 0 Å². The topological polar surface area (TPSA) is 278 Å². The molecule has 27 heteroatoms. The molecule has 0 unspecified atom stereocenters. The van der Waals surface area contributed by atoms with Gasteiger partial charge in [-0.05, 0) is 418 Å². The Morgan fingerprint density at radius 2 is 0.497 bits per heavy atom. The minimum Gasteiger partial charge on any atom is -0.307 e. The molecule has 147 heavy (non-hydrogen) atoms. The normalized spacial score (nSPS) is 18.0. The monoisotopic (exact) mass is 1980 g/mol. The van der Waals surface area contributed by atoms with Crippen LogP contribution in [0, 0.1) is 87.1 Å². The highest BCUT2D eigenvalue weighted by molar-refractivity contribution is 6.08. The molecule has 6 aromatic heterocycles. The maximum Gasteiger partial charge on any atom is 0.262 e. The highest BCUT2D eigenvalue weighted by Gasteiger charge is 2.53. The van der Waals surface area contributed by atoms with Gasteiger partial charge in [-0.25, -0.2) is 60.6 Å². The number of amides is 6. The third-order valence-electron chi connectivity index (χ3n) is 31.3. The van der Waals surface area contributed by atoms with Crippen LogP contribution in [-0.4, -0.2) is 75.3 Å². The number of halogens is 7. The summed E-state index contributed by atoms with van der Waals surface area (Å²) in [6.45, 7) is 17.0. The molecule has 6 fully saturated rings. The van der Waals surface area contributed by atoms with Crippen LogP contribution in [0.4, 0.5) is 65.6 Å². The quantitative estimate of drug-likeness (QED) is 0.0436. The van der Waals surface area contributed by atoms with Crippen LogP contribution in [0.5, 0.6) is 0 Å². The average Bonchev–Trinajstić information content (AvgIpc) is 1.58. The predicted octanol–water partition coefficient (Wildman–Crippen LogP) is 28.5. The van der Waals surface area contributed by atoms with Gasteiger partial charge in [0.15, 0.2) is 11.6 Å². The van der Waals surface area contributed by atoms with Gasteiger partial charge in [-0.15, -0.1) is 0 Å². The lowest BCUT2D eigenvalue weighted by molar-refractivity contribution is 0.101. The van der Waals surface area contributed by atoms with E-state index in [1.807, 2.05) is 92.8 Å². The number of nitrogens with one attached hydrogen (secondary N) is 6. The van der Waals surface area contributed by atoms with Crippen LogP contribution in [0.1, 0.15) is 303 Å². The molecule has 0 aliphatic heterocycles. The number of carbonyl (C=O) groups excluding carboxylic acids is 6. The van der Waals surface area contributed by atoms with E-state index >= 15 is 0 Å². The van der Waals surface area contributed by atoms with Crippen molar-refractivity contribution >= 4 is 104 Å². The van der Waals surface area contributed by atoms with E-state index in [9.17, 15) is 59.5 Å². The molecular formula is C120H115F7N14O6. The first-order chi connectivity index (χ1) is 70.6. The fourth-order valence-electron chi connectivity index (χ4n) is 22.1. The second-order valence-electron chi connectivity index (χ2n) is 42.4. The van der Waals surface area contributed by atoms with E-state index in [1.54, 1.807) is 67.5 Å². The number of anilines is 6. The Morgan fingerprint density at radius 1 is 0.231 bits per heavy atom. The van der Waals surface area contributed by atoms with Gasteiger partial charge in [0.05, 0.1) is 41.7 Å². The fourth-order valence-corrected chi connectivity index (χ4v) is 22.1. The molecule has 0 saturated heterocycles. The minimum atomic E-state index is -0.913. The lowest BCUT2D eigenvalue weighted by Crippen LogP contribution is -2.17. The van der Waals surface area contributed by atoms with E-state index < -0.39 is 81.0 Å². The number of carbonyl (C=O) groups is 6. The SMILES string of the molecule is CC1=C(c2ccc(NC(=O)c3c(F)cccc3F)nc2)CC2(CC2)C1.CC1=C(c2ccc(NC(=O)c3c(F)cccc3F)nc2)CC2(CC2)C1.CC1=C(c2ccc(NC(=O)c3ccccc3C)nc2)CC2(CC2)C1.CC1=C(c2ccc(NC(=O)c3ccccc3F)nc2)CC2(CC2)C1.CC1=C(c2cnc(NC(=O)c3c(F)cccc3F)cn2)C2(CC1)CC2.CC1=C(c2cnc(NC(=O)c3ccccc3C)cn2)CC2(CC2)C1. The molecule has 20 nitrogen and oxygen atoms in total. The van der Waals surface area contributed by atoms with Crippen molar-refractivity contribution in [3.63, 3.8) is 0 Å². The number of aryl methyl sites for hydroxylation is 2. The van der Waals surface area contributed by atoms with Gasteiger partial charge in [0, 0.05) is 35.9 Å². The smallest absolute Gasteiger partial charge is 0.262 e. The molecule has 750 valence electrons. The van der Waals surface area contributed by atoms with Gasteiger partial charge in [0.1, 0.15) is 80.7 Å². The maximum absolute atomic E-state index is 13.7. The molecule has 6 N–H and O–H groups in total. The Kier molecular flexibility index (Phi) is 28.3. The van der Waals surface area contributed by atoms with Gasteiger partial charge in [-0.3, -0.25) is 38.7 Å². The van der Waals surface area contributed by atoms with E-state index in [4.69, 9.17) is 0 Å². The van der Waals surface area contributed by atoms with Crippen LogP contribution < -0.4 is 31.9 Å². The van der Waals surface area contributed by atoms with Crippen molar-refractivity contribution in [3.05, 3.63) is 378 Å². The third-order valence-corrected chi connectivity index (χ3v) is 31.3. The van der Waals surface area contributed by atoms with E-state index in [-0.39, 0.29) is 40.2 Å². The summed E-state index contributed by atoms with van der Waals surface area (Å²) in [5, 5.41) is 15.7. The standard InChI is InChI=1S/C21H22N2O.2C20H18F2N2O.C20H19FN2O.C20H21N3O.C19H17F2N3O/c1-14-5-3-4-6-17(14)20(24)23-19-8-7-16(13-22-19)18-12-21(9-10-21)11-15(18)2;2*1-12-9-20(7-8-20)10-14(12)13-5-6-17(23-11-13)24-19(25)18-15(21)3-2-4-16(18)22;1-13-10-20(8-9-20)11-16(13)14-6-7-18(22-12-14)23-19(24)15-4-2-3-5-17(15)21;1-13-5-3-4-6-15(13)19(24)23-18-12-21-17(11-22-18)16-10-20(7-8-20)9-14(16)2;1-11-5-6-19(7-8-19)17(11)14-9-23-15(10-22-14)24-18(25)16-12(20)3-2-4-13(16)21/h3-8,13H,9-12H2,1-2H3,(H,22,23,24);2*2-6,11H,7-10H2,1H3,(H,23,24,25);2-7,12H,8-11H2,1H3,(H,22,23,24);3-6,11-12H,7-10H2,1-2H3,(H,22,23,24);2-4,9-10H,5-8H2,1H3,(H,23,24,25). The van der Waals surface area contributed by atoms with Crippen molar-refractivity contribution in [1.82, 2.24) is 39.9 Å². The summed E-state index contributed by atoms with van der Waals surface area (Å²) in [5.41, 5.74) is 27.3. The first-order valence-corrected chi connectivity index (χ1v) is 50.3. The number of hydrogen-bond donors (Lipinski definition) is 6. The molecular weight excluding hydrogens is 1870 g/mol. The van der Waals surface area contributed by atoms with Crippen LogP contribution in [0.3, 0.4) is 0 Å². The van der Waals surface area contributed by atoms with Crippen LogP contribution in [-0.2, 0) is 0 Å². The molecule has 12 aliphatic carbocycles. The highest BCUT2D eigenvalue weighted by Crippen LogP contribution is 2.67. The van der Waals surface area contributed by atoms with Crippen molar-refractivity contribution in [2.24, 2.45) is 32.5 Å². The summed E-state index contributed by atoms with van der Waals surface area (Å²) in [6.07, 6.45) is 43.1. The Bertz CT molecular complexity index is 6870. The molecule has 6 amide bonds. The van der Waals surface area contributed by atoms with Gasteiger partial charge in [0.25, 0.3) is 35.4 Å². The molecule has 6 aromatic carbocycles. The van der Waals surface area contributed by atoms with Crippen molar-refractivity contribution in [1.29, 1.82) is 0 Å². The van der Waals surface area contributed by atoms with Crippen molar-refractivity contribution in [2.45, 2.75) is 209 Å². The van der Waals surface area contributed by atoms with Crippen molar-refractivity contribution in [2.75, 3.05) is 31.9 Å². The lowest BCUT2D eigenvalue weighted by atomic mass is 9.95. The van der Waals surface area contributed by atoms with Gasteiger partial charge >= 0.3 is 0 Å². The zero-order chi connectivity index (χ0) is 103. The Labute approximate surface area is 850 Å². The second kappa shape index (κ2) is 41.4. The van der Waals surface area contributed by atoms with Crippen molar-refractivity contribution in [3.8, 4) is 0 Å². The van der Waals surface area contributed by atoms with Crippen LogP contribution in [0.15, 0.2) is 259 Å². The number of pyridine rings is 4. The Balaban J connectivity index is 0.000000111. The van der Waals surface area contributed by atoms with E-state index in [0.717, 1.165) is 121 Å². The Hall–Kier alpha value is -15.2. The number of allylic oxidation sites excluding steroid dienone is 12. The highest BCUT2D eigenvalue weighted by atomic mass is 19.2. The van der Waals surface area contributed by atoms with E-state index in [2.05, 4.69) is 119 Å². The first kappa shape index (κ1) is 101. The second-order valence-corrected chi connectivity index (χ2v) is 42.4. The van der Waals surface area contributed by atoms with Gasteiger partial charge < -0.3 is 31.9 Å². The molecule has 0 bridgehead atoms. The summed E-state index contributed by atoms with van der Waals surface area (Å²) < 4.78 is 95.6. The maximum atomic E-state index is 13.7. The summed E-state index contributed by atoms with van der Waals surface area (Å²) in [7, 11) is 0. The summed E-state index contributed by atoms with van der Waals surface area (Å²) >= 11 is 0. The van der Waals surface area contributed by atoms with Gasteiger partial charge in [-0.1, -0.05) is 100 Å². The molecule has 6 saturated carbocycles. The summed E-state index contributed by atoms with van der Waals surface area (Å²) in [5.74, 6) is -7.01. The number of benzene rings is 6. The zero-order valence-electron chi connectivity index (χ0n) is 83.5. The molecule has 6 spiro atoms. The van der Waals surface area contributed by atoms with E-state index in [0.29, 0.717) is 55.7 Å². The Morgan fingerprint density at radius 3 is 0.782 bits per heavy atom. The average molecular weight is 1980 g/mol. The van der Waals surface area contributed by atoms with Crippen LogP contribution in [0.2, 0.25) is 0 Å². The number of nitrogens with zero attached hydrogens (tertiary/aromatic N) is 8. The number of rotatable bonds is 18. The van der Waals surface area contributed by atoms with Crippen LogP contribution in [0.25, 0.3) is 33.4 Å². The fraction of sp³-hybridized carbons (Fsp3) is 0.317. The summed E-state index contributed by atoms with van der Waals surface area (Å²) in [4.78, 5) is 108. The largest absolute Gasteiger partial charge is 0.307 e. The zero-order valence-corrected chi connectivity index (χ0v) is 83.5. The minimum absolute atomic E-state index is 0.0217. The predicted molar refractivity (Wildman–Crippen MR) is 558 cm³/mol. The number of hydrogen-bond acceptors (Lipinski definition) is 14. The lowest BCUT2D eigenvalue weighted by Gasteiger charge is -2.13. The van der Waals surface area contributed by atoms with Gasteiger partial charge in [-0.2, -0.15) is 0 Å². The molecule has 12 aliphatic rings. The molecule has 6 heterocycles. The van der Waals surface area contributed by atoms with E-state index in [1.165, 1.54) is 218 Å². The molecule has 0 atom stereocenters. The van der Waals surface area contributed by atoms with Gasteiger partial charge in [0.2, 0.25) is 0 Å². The third kappa shape index (κ3) is 22.9.